The second-order valence-corrected chi connectivity index (χ2v) is 4.54. The number of rotatable bonds is 4. The van der Waals surface area contributed by atoms with Crippen molar-refractivity contribution in [1.29, 1.82) is 0 Å². The van der Waals surface area contributed by atoms with Gasteiger partial charge in [-0.25, -0.2) is 4.39 Å². The van der Waals surface area contributed by atoms with E-state index in [1.807, 2.05) is 26.0 Å². The molecule has 2 aromatic rings. The Bertz CT molecular complexity index is 577. The first-order valence-electron chi connectivity index (χ1n) is 6.15. The van der Waals surface area contributed by atoms with Crippen molar-refractivity contribution in [2.75, 3.05) is 0 Å². The minimum absolute atomic E-state index is 0.155. The predicted molar refractivity (Wildman–Crippen MR) is 70.1 cm³/mol. The van der Waals surface area contributed by atoms with Gasteiger partial charge in [0.15, 0.2) is 0 Å². The van der Waals surface area contributed by atoms with Crippen LogP contribution in [0.1, 0.15) is 30.0 Å². The summed E-state index contributed by atoms with van der Waals surface area (Å²) in [6.45, 7) is 3.70. The van der Waals surface area contributed by atoms with Crippen LogP contribution < -0.4 is 5.32 Å². The molecule has 0 saturated carbocycles. The molecule has 0 radical (unpaired) electrons. The first-order chi connectivity index (χ1) is 9.04. The third kappa shape index (κ3) is 3.68. The van der Waals surface area contributed by atoms with Crippen LogP contribution in [0.3, 0.4) is 0 Å². The Hall–Kier alpha value is -2.10. The van der Waals surface area contributed by atoms with E-state index in [1.165, 1.54) is 12.1 Å². The average molecular weight is 261 g/mol. The van der Waals surface area contributed by atoms with E-state index in [1.54, 1.807) is 12.1 Å². The number of halogens is 1. The van der Waals surface area contributed by atoms with Crippen LogP contribution in [0.4, 0.5) is 4.39 Å². The second kappa shape index (κ2) is 5.69. The van der Waals surface area contributed by atoms with Crippen LogP contribution in [0, 0.1) is 12.7 Å². The van der Waals surface area contributed by atoms with E-state index in [0.29, 0.717) is 11.3 Å². The van der Waals surface area contributed by atoms with Crippen LogP contribution in [-0.4, -0.2) is 5.91 Å². The van der Waals surface area contributed by atoms with Gasteiger partial charge in [0.25, 0.3) is 0 Å². The van der Waals surface area contributed by atoms with Crippen molar-refractivity contribution in [1.82, 2.24) is 5.32 Å². The summed E-state index contributed by atoms with van der Waals surface area (Å²) in [4.78, 5) is 11.8. The molecule has 2 rings (SSSR count). The van der Waals surface area contributed by atoms with E-state index in [-0.39, 0.29) is 24.2 Å². The topological polar surface area (TPSA) is 42.2 Å². The minimum atomic E-state index is -0.333. The summed E-state index contributed by atoms with van der Waals surface area (Å²) in [6, 6.07) is 9.53. The molecule has 19 heavy (non-hydrogen) atoms. The van der Waals surface area contributed by atoms with Gasteiger partial charge in [-0.1, -0.05) is 12.1 Å². The SMILES string of the molecule is Cc1ccc([C@H](C)NC(=O)Cc2cccc(F)c2)o1. The molecule has 1 aromatic carbocycles. The van der Waals surface area contributed by atoms with E-state index in [9.17, 15) is 9.18 Å². The fraction of sp³-hybridized carbons (Fsp3) is 0.267. The molecule has 0 spiro atoms. The first-order valence-corrected chi connectivity index (χ1v) is 6.15. The lowest BCUT2D eigenvalue weighted by Crippen LogP contribution is -2.27. The number of carbonyl (C=O) groups excluding carboxylic acids is 1. The first kappa shape index (κ1) is 13.3. The molecule has 1 atom stereocenters. The summed E-state index contributed by atoms with van der Waals surface area (Å²) in [5, 5.41) is 2.82. The Morgan fingerprint density at radius 2 is 2.16 bits per heavy atom. The van der Waals surface area contributed by atoms with Crippen molar-refractivity contribution in [2.24, 2.45) is 0 Å². The maximum atomic E-state index is 13.0. The van der Waals surface area contributed by atoms with Gasteiger partial charge in [0.05, 0.1) is 12.5 Å². The number of carbonyl (C=O) groups is 1. The molecule has 1 N–H and O–H groups in total. The van der Waals surface area contributed by atoms with E-state index < -0.39 is 0 Å². The fourth-order valence-corrected chi connectivity index (χ4v) is 1.88. The summed E-state index contributed by atoms with van der Waals surface area (Å²) < 4.78 is 18.4. The van der Waals surface area contributed by atoms with E-state index >= 15 is 0 Å². The third-order valence-corrected chi connectivity index (χ3v) is 2.82. The second-order valence-electron chi connectivity index (χ2n) is 4.54. The van der Waals surface area contributed by atoms with Crippen LogP contribution >= 0.6 is 0 Å². The van der Waals surface area contributed by atoms with Gasteiger partial charge in [0.1, 0.15) is 17.3 Å². The van der Waals surface area contributed by atoms with Gasteiger partial charge in [-0.05, 0) is 43.7 Å². The maximum Gasteiger partial charge on any atom is 0.225 e. The maximum absolute atomic E-state index is 13.0. The molecule has 0 aliphatic heterocycles. The summed E-state index contributed by atoms with van der Waals surface area (Å²) in [5.74, 6) is 1.03. The largest absolute Gasteiger partial charge is 0.464 e. The number of hydrogen-bond donors (Lipinski definition) is 1. The molecule has 0 bridgehead atoms. The molecule has 1 aromatic heterocycles. The smallest absolute Gasteiger partial charge is 0.225 e. The lowest BCUT2D eigenvalue weighted by atomic mass is 10.1. The zero-order valence-electron chi connectivity index (χ0n) is 10.9. The molecule has 3 nitrogen and oxygen atoms in total. The van der Waals surface area contributed by atoms with Crippen molar-refractivity contribution in [3.05, 3.63) is 59.3 Å². The molecule has 1 amide bonds. The van der Waals surface area contributed by atoms with Crippen molar-refractivity contribution < 1.29 is 13.6 Å². The number of hydrogen-bond acceptors (Lipinski definition) is 2. The number of aryl methyl sites for hydroxylation is 1. The van der Waals surface area contributed by atoms with Gasteiger partial charge in [-0.15, -0.1) is 0 Å². The normalized spacial score (nSPS) is 12.2. The van der Waals surface area contributed by atoms with Crippen LogP contribution in [0.15, 0.2) is 40.8 Å². The van der Waals surface area contributed by atoms with E-state index in [0.717, 1.165) is 5.76 Å². The Morgan fingerprint density at radius 1 is 1.37 bits per heavy atom. The molecular formula is C15H16FNO2. The van der Waals surface area contributed by atoms with Crippen LogP contribution in [0.5, 0.6) is 0 Å². The van der Waals surface area contributed by atoms with Gasteiger partial charge < -0.3 is 9.73 Å². The van der Waals surface area contributed by atoms with Crippen molar-refractivity contribution in [3.63, 3.8) is 0 Å². The number of amides is 1. The standard InChI is InChI=1S/C15H16FNO2/c1-10-6-7-14(19-10)11(2)17-15(18)9-12-4-3-5-13(16)8-12/h3-8,11H,9H2,1-2H3,(H,17,18)/t11-/m0/s1. The van der Waals surface area contributed by atoms with E-state index in [4.69, 9.17) is 4.42 Å². The average Bonchev–Trinajstić information content (AvgIpc) is 2.75. The molecule has 0 unspecified atom stereocenters. The van der Waals surface area contributed by atoms with Crippen LogP contribution in [0.2, 0.25) is 0 Å². The molecule has 0 saturated heterocycles. The Kier molecular flexibility index (Phi) is 4.00. The molecule has 0 aliphatic rings. The zero-order valence-corrected chi connectivity index (χ0v) is 10.9. The molecule has 4 heteroatoms. The van der Waals surface area contributed by atoms with Gasteiger partial charge >= 0.3 is 0 Å². The highest BCUT2D eigenvalue weighted by Gasteiger charge is 2.13. The number of furan rings is 1. The van der Waals surface area contributed by atoms with Gasteiger partial charge in [0, 0.05) is 0 Å². The molecule has 100 valence electrons. The number of nitrogens with one attached hydrogen (secondary N) is 1. The summed E-state index contributed by atoms with van der Waals surface area (Å²) in [7, 11) is 0. The third-order valence-electron chi connectivity index (χ3n) is 2.82. The highest BCUT2D eigenvalue weighted by Crippen LogP contribution is 2.15. The molecular weight excluding hydrogens is 245 g/mol. The molecule has 0 fully saturated rings. The molecule has 1 heterocycles. The van der Waals surface area contributed by atoms with Crippen molar-refractivity contribution >= 4 is 5.91 Å². The summed E-state index contributed by atoms with van der Waals surface area (Å²) in [6.07, 6.45) is 0.155. The minimum Gasteiger partial charge on any atom is -0.464 e. The monoisotopic (exact) mass is 261 g/mol. The summed E-state index contributed by atoms with van der Waals surface area (Å²) in [5.41, 5.74) is 0.653. The van der Waals surface area contributed by atoms with E-state index in [2.05, 4.69) is 5.32 Å². The lowest BCUT2D eigenvalue weighted by molar-refractivity contribution is -0.121. The summed E-state index contributed by atoms with van der Waals surface area (Å²) >= 11 is 0. The van der Waals surface area contributed by atoms with Gasteiger partial charge in [-0.2, -0.15) is 0 Å². The lowest BCUT2D eigenvalue weighted by Gasteiger charge is -2.11. The fourth-order valence-electron chi connectivity index (χ4n) is 1.88. The Morgan fingerprint density at radius 3 is 2.79 bits per heavy atom. The van der Waals surface area contributed by atoms with Crippen molar-refractivity contribution in [2.45, 2.75) is 26.3 Å². The Labute approximate surface area is 111 Å². The predicted octanol–water partition coefficient (Wildman–Crippen LogP) is 3.15. The van der Waals surface area contributed by atoms with Gasteiger partial charge in [-0.3, -0.25) is 4.79 Å². The highest BCUT2D eigenvalue weighted by atomic mass is 19.1. The quantitative estimate of drug-likeness (QED) is 0.918. The van der Waals surface area contributed by atoms with Gasteiger partial charge in [0.2, 0.25) is 5.91 Å². The number of benzene rings is 1. The van der Waals surface area contributed by atoms with Crippen molar-refractivity contribution in [3.8, 4) is 0 Å². The van der Waals surface area contributed by atoms with Crippen LogP contribution in [0.25, 0.3) is 0 Å². The molecule has 0 aliphatic carbocycles. The van der Waals surface area contributed by atoms with Crippen LogP contribution in [-0.2, 0) is 11.2 Å². The zero-order chi connectivity index (χ0) is 13.8. The Balaban J connectivity index is 1.94. The highest BCUT2D eigenvalue weighted by molar-refractivity contribution is 5.78.